The smallest absolute Gasteiger partial charge is 0.274 e. The molecule has 1 aromatic carbocycles. The van der Waals surface area contributed by atoms with E-state index < -0.39 is 0 Å². The lowest BCUT2D eigenvalue weighted by molar-refractivity contribution is 0.0775. The summed E-state index contributed by atoms with van der Waals surface area (Å²) in [5.74, 6) is 0.476. The molecule has 0 saturated heterocycles. The monoisotopic (exact) mass is 331 g/mol. The number of rotatable bonds is 7. The van der Waals surface area contributed by atoms with Gasteiger partial charge in [0.1, 0.15) is 11.4 Å². The van der Waals surface area contributed by atoms with Gasteiger partial charge in [-0.3, -0.25) is 9.59 Å². The second-order valence-electron chi connectivity index (χ2n) is 5.29. The van der Waals surface area contributed by atoms with E-state index in [1.807, 2.05) is 24.3 Å². The number of nitrogens with zero attached hydrogens (tertiary/aromatic N) is 3. The number of hydrogen-bond acceptors (Lipinski definition) is 5. The van der Waals surface area contributed by atoms with E-state index in [0.717, 1.165) is 11.3 Å². The zero-order valence-electron chi connectivity index (χ0n) is 14.1. The van der Waals surface area contributed by atoms with Crippen molar-refractivity contribution < 1.29 is 14.3 Å². The third-order valence-corrected chi connectivity index (χ3v) is 3.49. The molecule has 128 valence electrons. The van der Waals surface area contributed by atoms with Crippen LogP contribution in [0.15, 0.2) is 41.2 Å². The minimum Gasteiger partial charge on any atom is -0.497 e. The summed E-state index contributed by atoms with van der Waals surface area (Å²) in [4.78, 5) is 25.8. The van der Waals surface area contributed by atoms with Crippen LogP contribution in [-0.2, 0) is 17.8 Å². The Morgan fingerprint density at radius 3 is 2.75 bits per heavy atom. The van der Waals surface area contributed by atoms with Gasteiger partial charge in [0, 0.05) is 26.8 Å². The number of aromatic nitrogens is 2. The Balaban J connectivity index is 2.13. The summed E-state index contributed by atoms with van der Waals surface area (Å²) in [6.45, 7) is 1.06. The maximum absolute atomic E-state index is 12.5. The zero-order chi connectivity index (χ0) is 17.5. The van der Waals surface area contributed by atoms with E-state index in [0.29, 0.717) is 19.7 Å². The topological polar surface area (TPSA) is 73.7 Å². The largest absolute Gasteiger partial charge is 0.497 e. The molecular formula is C17H21N3O4. The maximum atomic E-state index is 12.5. The first kappa shape index (κ1) is 17.7. The Bertz CT molecular complexity index is 757. The lowest BCUT2D eigenvalue weighted by atomic mass is 10.2. The molecule has 0 saturated carbocycles. The fourth-order valence-electron chi connectivity index (χ4n) is 2.21. The van der Waals surface area contributed by atoms with Crippen molar-refractivity contribution in [2.75, 3.05) is 27.9 Å². The summed E-state index contributed by atoms with van der Waals surface area (Å²) in [5, 5.41) is 4.11. The second kappa shape index (κ2) is 8.26. The molecule has 0 N–H and O–H groups in total. The molecule has 0 bridgehead atoms. The quantitative estimate of drug-likeness (QED) is 0.761. The van der Waals surface area contributed by atoms with Crippen molar-refractivity contribution in [3.63, 3.8) is 0 Å². The lowest BCUT2D eigenvalue weighted by Crippen LogP contribution is -2.31. The molecule has 0 spiro atoms. The Morgan fingerprint density at radius 1 is 1.25 bits per heavy atom. The van der Waals surface area contributed by atoms with Crippen LogP contribution in [0, 0.1) is 0 Å². The average molecular weight is 331 g/mol. The Labute approximate surface area is 140 Å². The second-order valence-corrected chi connectivity index (χ2v) is 5.29. The average Bonchev–Trinajstić information content (AvgIpc) is 2.60. The van der Waals surface area contributed by atoms with E-state index in [4.69, 9.17) is 9.47 Å². The summed E-state index contributed by atoms with van der Waals surface area (Å²) in [6.07, 6.45) is 0. The molecule has 0 atom stereocenters. The third-order valence-electron chi connectivity index (χ3n) is 3.49. The molecule has 2 rings (SSSR count). The van der Waals surface area contributed by atoms with Crippen molar-refractivity contribution in [1.29, 1.82) is 0 Å². The van der Waals surface area contributed by atoms with Gasteiger partial charge in [-0.1, -0.05) is 12.1 Å². The van der Waals surface area contributed by atoms with E-state index >= 15 is 0 Å². The number of amides is 1. The zero-order valence-corrected chi connectivity index (χ0v) is 14.1. The molecule has 24 heavy (non-hydrogen) atoms. The van der Waals surface area contributed by atoms with Gasteiger partial charge >= 0.3 is 0 Å². The predicted octanol–water partition coefficient (Wildman–Crippen LogP) is 1.17. The highest BCUT2D eigenvalue weighted by Crippen LogP contribution is 2.14. The molecule has 1 heterocycles. The first-order valence-corrected chi connectivity index (χ1v) is 7.50. The van der Waals surface area contributed by atoms with Gasteiger partial charge in [-0.25, -0.2) is 4.68 Å². The molecule has 0 unspecified atom stereocenters. The van der Waals surface area contributed by atoms with Crippen LogP contribution >= 0.6 is 0 Å². The van der Waals surface area contributed by atoms with Gasteiger partial charge in [0.15, 0.2) is 0 Å². The summed E-state index contributed by atoms with van der Waals surface area (Å²) < 4.78 is 11.4. The van der Waals surface area contributed by atoms with Crippen LogP contribution in [0.1, 0.15) is 16.1 Å². The van der Waals surface area contributed by atoms with Crippen molar-refractivity contribution in [3.05, 3.63) is 58.0 Å². The van der Waals surface area contributed by atoms with Crippen LogP contribution < -0.4 is 10.3 Å². The van der Waals surface area contributed by atoms with E-state index in [1.54, 1.807) is 26.2 Å². The van der Waals surface area contributed by atoms with Crippen LogP contribution in [0.4, 0.5) is 0 Å². The Kier molecular flexibility index (Phi) is 6.08. The van der Waals surface area contributed by atoms with Crippen molar-refractivity contribution in [3.8, 4) is 5.75 Å². The molecular weight excluding hydrogens is 310 g/mol. The first-order chi connectivity index (χ1) is 11.5. The highest BCUT2D eigenvalue weighted by atomic mass is 16.5. The van der Waals surface area contributed by atoms with E-state index in [1.165, 1.54) is 16.8 Å². The van der Waals surface area contributed by atoms with Gasteiger partial charge in [0.25, 0.3) is 11.5 Å². The minimum atomic E-state index is -0.265. The number of carbonyl (C=O) groups is 1. The van der Waals surface area contributed by atoms with Gasteiger partial charge in [0.2, 0.25) is 0 Å². The summed E-state index contributed by atoms with van der Waals surface area (Å²) in [5.41, 5.74) is 0.896. The highest BCUT2D eigenvalue weighted by molar-refractivity contribution is 5.91. The molecule has 2 aromatic rings. The summed E-state index contributed by atoms with van der Waals surface area (Å²) in [6, 6.07) is 10.3. The predicted molar refractivity (Wildman–Crippen MR) is 89.2 cm³/mol. The van der Waals surface area contributed by atoms with Gasteiger partial charge in [-0.2, -0.15) is 5.10 Å². The van der Waals surface area contributed by atoms with Crippen LogP contribution in [0.3, 0.4) is 0 Å². The molecule has 7 heteroatoms. The SMILES string of the molecule is COCCn1nc(C(=O)N(C)Cc2cccc(OC)c2)ccc1=O. The summed E-state index contributed by atoms with van der Waals surface area (Å²) >= 11 is 0. The molecule has 1 aromatic heterocycles. The molecule has 1 amide bonds. The fourth-order valence-corrected chi connectivity index (χ4v) is 2.21. The van der Waals surface area contributed by atoms with Crippen LogP contribution in [0.2, 0.25) is 0 Å². The molecule has 0 aliphatic carbocycles. The number of benzene rings is 1. The van der Waals surface area contributed by atoms with Crippen molar-refractivity contribution in [1.82, 2.24) is 14.7 Å². The normalized spacial score (nSPS) is 10.5. The number of ether oxygens (including phenoxy) is 2. The van der Waals surface area contributed by atoms with E-state index in [2.05, 4.69) is 5.10 Å². The van der Waals surface area contributed by atoms with Gasteiger partial charge in [-0.05, 0) is 23.8 Å². The van der Waals surface area contributed by atoms with Crippen LogP contribution in [0.5, 0.6) is 5.75 Å². The molecule has 0 aliphatic heterocycles. The molecule has 0 radical (unpaired) electrons. The maximum Gasteiger partial charge on any atom is 0.274 e. The standard InChI is InChI=1S/C17H21N3O4/c1-19(12-13-5-4-6-14(11-13)24-3)17(22)15-7-8-16(21)20(18-15)9-10-23-2/h4-8,11H,9-10,12H2,1-3H3. The van der Waals surface area contributed by atoms with Crippen molar-refractivity contribution in [2.45, 2.75) is 13.1 Å². The minimum absolute atomic E-state index is 0.219. The molecule has 0 aliphatic rings. The molecule has 0 fully saturated rings. The molecule has 7 nitrogen and oxygen atoms in total. The lowest BCUT2D eigenvalue weighted by Gasteiger charge is -2.17. The van der Waals surface area contributed by atoms with Gasteiger partial charge < -0.3 is 14.4 Å². The van der Waals surface area contributed by atoms with Gasteiger partial charge in [0.05, 0.1) is 20.3 Å². The number of carbonyl (C=O) groups excluding carboxylic acids is 1. The third kappa shape index (κ3) is 4.42. The highest BCUT2D eigenvalue weighted by Gasteiger charge is 2.15. The summed E-state index contributed by atoms with van der Waals surface area (Å²) in [7, 11) is 4.83. The number of hydrogen-bond donors (Lipinski definition) is 0. The van der Waals surface area contributed by atoms with Crippen LogP contribution in [-0.4, -0.2) is 48.5 Å². The first-order valence-electron chi connectivity index (χ1n) is 7.50. The van der Waals surface area contributed by atoms with E-state index in [-0.39, 0.29) is 17.2 Å². The van der Waals surface area contributed by atoms with Gasteiger partial charge in [-0.15, -0.1) is 0 Å². The van der Waals surface area contributed by atoms with Crippen LogP contribution in [0.25, 0.3) is 0 Å². The Hall–Kier alpha value is -2.67. The van der Waals surface area contributed by atoms with Crippen molar-refractivity contribution >= 4 is 5.91 Å². The fraction of sp³-hybridized carbons (Fsp3) is 0.353. The van der Waals surface area contributed by atoms with Crippen molar-refractivity contribution in [2.24, 2.45) is 0 Å². The van der Waals surface area contributed by atoms with E-state index in [9.17, 15) is 9.59 Å². The Morgan fingerprint density at radius 2 is 2.04 bits per heavy atom. The number of methoxy groups -OCH3 is 2.